The first-order valence-corrected chi connectivity index (χ1v) is 7.36. The van der Waals surface area contributed by atoms with E-state index in [1.807, 2.05) is 27.7 Å². The Hall–Kier alpha value is -1.58. The molecule has 1 aromatic carbocycles. The molecule has 0 bridgehead atoms. The van der Waals surface area contributed by atoms with E-state index < -0.39 is 0 Å². The summed E-state index contributed by atoms with van der Waals surface area (Å²) < 4.78 is 0. The van der Waals surface area contributed by atoms with Gasteiger partial charge in [-0.05, 0) is 51.7 Å². The third kappa shape index (κ3) is 2.94. The van der Waals surface area contributed by atoms with Gasteiger partial charge in [-0.25, -0.2) is 0 Å². The van der Waals surface area contributed by atoms with Gasteiger partial charge < -0.3 is 4.90 Å². The Morgan fingerprint density at radius 3 is 1.60 bits per heavy atom. The molecule has 4 heteroatoms. The fraction of sp³-hybridized carbons (Fsp3) is 0.625. The Balaban J connectivity index is 3.52. The number of anilines is 1. The van der Waals surface area contributed by atoms with E-state index in [0.717, 1.165) is 48.2 Å². The summed E-state index contributed by atoms with van der Waals surface area (Å²) in [4.78, 5) is 13.4. The molecule has 20 heavy (non-hydrogen) atoms. The van der Waals surface area contributed by atoms with E-state index in [0.29, 0.717) is 0 Å². The zero-order chi connectivity index (χ0) is 15.4. The lowest BCUT2D eigenvalue weighted by Gasteiger charge is -2.29. The van der Waals surface area contributed by atoms with Crippen LogP contribution in [0.25, 0.3) is 0 Å². The number of benzene rings is 1. The first kappa shape index (κ1) is 16.5. The fourth-order valence-corrected chi connectivity index (χ4v) is 2.90. The summed E-state index contributed by atoms with van der Waals surface area (Å²) in [5, 5.41) is 11.3. The minimum atomic E-state index is -0.252. The van der Waals surface area contributed by atoms with Crippen molar-refractivity contribution in [2.24, 2.45) is 0 Å². The summed E-state index contributed by atoms with van der Waals surface area (Å²) in [5.74, 6) is 0. The van der Waals surface area contributed by atoms with Gasteiger partial charge in [-0.15, -0.1) is 0 Å². The van der Waals surface area contributed by atoms with E-state index in [1.165, 1.54) is 5.69 Å². The number of hydrogen-bond donors (Lipinski definition) is 0. The molecule has 1 aromatic rings. The van der Waals surface area contributed by atoms with Gasteiger partial charge in [-0.2, -0.15) is 0 Å². The summed E-state index contributed by atoms with van der Waals surface area (Å²) in [6.07, 6.45) is 2.15. The summed E-state index contributed by atoms with van der Waals surface area (Å²) in [7, 11) is 0. The summed E-state index contributed by atoms with van der Waals surface area (Å²) in [6.45, 7) is 14.0. The molecule has 0 saturated carbocycles. The van der Waals surface area contributed by atoms with E-state index in [4.69, 9.17) is 0 Å². The van der Waals surface area contributed by atoms with Crippen molar-refractivity contribution >= 4 is 11.4 Å². The minimum absolute atomic E-state index is 0.252. The largest absolute Gasteiger partial charge is 0.371 e. The number of rotatable bonds is 6. The second-order valence-corrected chi connectivity index (χ2v) is 5.44. The van der Waals surface area contributed by atoms with Gasteiger partial charge >= 0.3 is 0 Å². The highest BCUT2D eigenvalue weighted by Crippen LogP contribution is 2.37. The van der Waals surface area contributed by atoms with Crippen LogP contribution in [0.3, 0.4) is 0 Å². The van der Waals surface area contributed by atoms with Crippen LogP contribution in [0.1, 0.15) is 48.9 Å². The van der Waals surface area contributed by atoms with E-state index in [1.54, 1.807) is 0 Å². The highest BCUT2D eigenvalue weighted by atomic mass is 16.6. The Morgan fingerprint density at radius 2 is 1.30 bits per heavy atom. The van der Waals surface area contributed by atoms with Gasteiger partial charge in [0, 0.05) is 29.9 Å². The minimum Gasteiger partial charge on any atom is -0.371 e. The van der Waals surface area contributed by atoms with Gasteiger partial charge in [0.15, 0.2) is 0 Å². The molecule has 0 unspecified atom stereocenters. The molecular formula is C16H26N2O2. The molecule has 0 saturated heterocycles. The molecule has 1 rings (SSSR count). The van der Waals surface area contributed by atoms with Crippen LogP contribution in [0.15, 0.2) is 0 Å². The third-order valence-electron chi connectivity index (χ3n) is 4.03. The highest BCUT2D eigenvalue weighted by molar-refractivity contribution is 5.70. The van der Waals surface area contributed by atoms with E-state index in [9.17, 15) is 10.1 Å². The number of nitro groups is 1. The maximum Gasteiger partial charge on any atom is 0.275 e. The monoisotopic (exact) mass is 278 g/mol. The van der Waals surface area contributed by atoms with Crippen molar-refractivity contribution in [1.29, 1.82) is 0 Å². The van der Waals surface area contributed by atoms with Crippen molar-refractivity contribution in [2.75, 3.05) is 18.0 Å². The molecule has 0 aliphatic rings. The first-order valence-electron chi connectivity index (χ1n) is 7.36. The standard InChI is InChI=1S/C16H26N2O2/c1-7-9-17(10-8-2)15-11(3)13(5)16(18(19)20)14(6)12(15)4/h7-10H2,1-6H3. The Kier molecular flexibility index (Phi) is 5.54. The van der Waals surface area contributed by atoms with Crippen molar-refractivity contribution in [2.45, 2.75) is 54.4 Å². The summed E-state index contributed by atoms with van der Waals surface area (Å²) in [5.41, 5.74) is 5.14. The van der Waals surface area contributed by atoms with Crippen LogP contribution in [0.5, 0.6) is 0 Å². The number of hydrogen-bond acceptors (Lipinski definition) is 3. The second-order valence-electron chi connectivity index (χ2n) is 5.44. The molecule has 112 valence electrons. The lowest BCUT2D eigenvalue weighted by Crippen LogP contribution is -2.27. The van der Waals surface area contributed by atoms with E-state index >= 15 is 0 Å². The average Bonchev–Trinajstić information content (AvgIpc) is 2.37. The maximum atomic E-state index is 11.3. The van der Waals surface area contributed by atoms with Gasteiger partial charge in [0.1, 0.15) is 0 Å². The van der Waals surface area contributed by atoms with Gasteiger partial charge in [0.05, 0.1) is 4.92 Å². The van der Waals surface area contributed by atoms with Gasteiger partial charge in [-0.1, -0.05) is 13.8 Å². The molecule has 0 amide bonds. The molecule has 0 spiro atoms. The maximum absolute atomic E-state index is 11.3. The Bertz CT molecular complexity index is 475. The molecule has 0 fully saturated rings. The SMILES string of the molecule is CCCN(CCC)c1c(C)c(C)c([N+](=O)[O-])c(C)c1C. The average molecular weight is 278 g/mol. The Morgan fingerprint density at radius 1 is 0.900 bits per heavy atom. The molecule has 0 radical (unpaired) electrons. The fourth-order valence-electron chi connectivity index (χ4n) is 2.90. The molecule has 0 heterocycles. The zero-order valence-electron chi connectivity index (χ0n) is 13.5. The first-order chi connectivity index (χ1) is 9.36. The van der Waals surface area contributed by atoms with Crippen LogP contribution in [0.2, 0.25) is 0 Å². The van der Waals surface area contributed by atoms with Gasteiger partial charge in [0.2, 0.25) is 0 Å². The van der Waals surface area contributed by atoms with Crippen molar-refractivity contribution in [1.82, 2.24) is 0 Å². The molecule has 0 aromatic heterocycles. The van der Waals surface area contributed by atoms with Crippen molar-refractivity contribution in [3.05, 3.63) is 32.4 Å². The van der Waals surface area contributed by atoms with E-state index in [-0.39, 0.29) is 10.6 Å². The van der Waals surface area contributed by atoms with Crippen molar-refractivity contribution < 1.29 is 4.92 Å². The molecule has 0 aliphatic heterocycles. The lowest BCUT2D eigenvalue weighted by atomic mass is 9.95. The quantitative estimate of drug-likeness (QED) is 0.570. The number of nitro benzene ring substituents is 1. The van der Waals surface area contributed by atoms with Crippen LogP contribution in [-0.4, -0.2) is 18.0 Å². The second kappa shape index (κ2) is 6.73. The van der Waals surface area contributed by atoms with Crippen LogP contribution in [0.4, 0.5) is 11.4 Å². The Labute approximate surface area is 121 Å². The van der Waals surface area contributed by atoms with Crippen LogP contribution in [0, 0.1) is 37.8 Å². The van der Waals surface area contributed by atoms with Gasteiger partial charge in [0.25, 0.3) is 5.69 Å². The van der Waals surface area contributed by atoms with Crippen molar-refractivity contribution in [3.8, 4) is 0 Å². The normalized spacial score (nSPS) is 10.7. The van der Waals surface area contributed by atoms with Crippen LogP contribution in [-0.2, 0) is 0 Å². The molecule has 4 nitrogen and oxygen atoms in total. The summed E-state index contributed by atoms with van der Waals surface area (Å²) >= 11 is 0. The third-order valence-corrected chi connectivity index (χ3v) is 4.03. The van der Waals surface area contributed by atoms with E-state index in [2.05, 4.69) is 18.7 Å². The number of nitrogens with zero attached hydrogens (tertiary/aromatic N) is 2. The smallest absolute Gasteiger partial charge is 0.275 e. The zero-order valence-corrected chi connectivity index (χ0v) is 13.5. The summed E-state index contributed by atoms with van der Waals surface area (Å²) in [6, 6.07) is 0. The predicted molar refractivity (Wildman–Crippen MR) is 84.8 cm³/mol. The van der Waals surface area contributed by atoms with Gasteiger partial charge in [-0.3, -0.25) is 10.1 Å². The van der Waals surface area contributed by atoms with Crippen LogP contribution < -0.4 is 4.90 Å². The molecule has 0 aliphatic carbocycles. The topological polar surface area (TPSA) is 46.4 Å². The predicted octanol–water partition coefficient (Wildman–Crippen LogP) is 4.45. The highest BCUT2D eigenvalue weighted by Gasteiger charge is 2.24. The molecular weight excluding hydrogens is 252 g/mol. The lowest BCUT2D eigenvalue weighted by molar-refractivity contribution is -0.386. The molecule has 0 atom stereocenters. The molecule has 0 N–H and O–H groups in total. The van der Waals surface area contributed by atoms with Crippen LogP contribution >= 0.6 is 0 Å². The van der Waals surface area contributed by atoms with Crippen molar-refractivity contribution in [3.63, 3.8) is 0 Å².